The Hall–Kier alpha value is -1.52. The number of nitrogens with zero attached hydrogens (tertiary/aromatic N) is 1. The van der Waals surface area contributed by atoms with Crippen molar-refractivity contribution in [3.8, 4) is 0 Å². The Balaban J connectivity index is 2.01. The molecule has 1 saturated carbocycles. The zero-order valence-electron chi connectivity index (χ0n) is 13.9. The molecule has 0 spiro atoms. The molecule has 0 aromatic rings. The Morgan fingerprint density at radius 3 is 2.64 bits per heavy atom. The molecule has 2 aliphatic rings. The molecule has 124 valence electrons. The van der Waals surface area contributed by atoms with E-state index in [2.05, 4.69) is 11.9 Å². The molecule has 1 saturated heterocycles. The van der Waals surface area contributed by atoms with Crippen LogP contribution in [0.15, 0.2) is 12.7 Å². The monoisotopic (exact) mass is 308 g/mol. The van der Waals surface area contributed by atoms with E-state index in [1.54, 1.807) is 0 Å². The molecule has 1 aliphatic heterocycles. The van der Waals surface area contributed by atoms with Crippen molar-refractivity contribution in [1.29, 1.82) is 0 Å². The van der Waals surface area contributed by atoms with Gasteiger partial charge in [-0.3, -0.25) is 4.79 Å². The topological polar surface area (TPSA) is 58.6 Å². The van der Waals surface area contributed by atoms with Gasteiger partial charge in [0.15, 0.2) is 0 Å². The highest BCUT2D eigenvalue weighted by molar-refractivity contribution is 5.79. The fourth-order valence-corrected chi connectivity index (χ4v) is 3.35. The summed E-state index contributed by atoms with van der Waals surface area (Å²) in [4.78, 5) is 26.2. The third-order valence-corrected chi connectivity index (χ3v) is 4.35. The number of likely N-dealkylation sites (tertiary alicyclic amines) is 1. The summed E-state index contributed by atoms with van der Waals surface area (Å²) in [5.41, 5.74) is -0.508. The van der Waals surface area contributed by atoms with E-state index >= 15 is 0 Å². The van der Waals surface area contributed by atoms with Gasteiger partial charge in [0.2, 0.25) is 5.91 Å². The molecule has 0 aromatic heterocycles. The minimum absolute atomic E-state index is 0.0175. The van der Waals surface area contributed by atoms with Crippen molar-refractivity contribution >= 4 is 12.0 Å². The number of carbonyl (C=O) groups excluding carboxylic acids is 2. The van der Waals surface area contributed by atoms with Crippen molar-refractivity contribution in [3.05, 3.63) is 12.7 Å². The minimum atomic E-state index is -0.508. The first kappa shape index (κ1) is 16.8. The maximum absolute atomic E-state index is 12.2. The minimum Gasteiger partial charge on any atom is -0.444 e. The van der Waals surface area contributed by atoms with E-state index in [1.165, 1.54) is 0 Å². The lowest BCUT2D eigenvalue weighted by Crippen LogP contribution is -2.54. The SMILES string of the molecule is C=CC1CC(=O)N(C2CCCCC2NC(=O)OC(C)(C)C)C1. The van der Waals surface area contributed by atoms with E-state index in [0.29, 0.717) is 6.42 Å². The zero-order valence-corrected chi connectivity index (χ0v) is 13.9. The summed E-state index contributed by atoms with van der Waals surface area (Å²) >= 11 is 0. The second kappa shape index (κ2) is 6.71. The lowest BCUT2D eigenvalue weighted by atomic mass is 9.89. The second-order valence-electron chi connectivity index (χ2n) is 7.35. The van der Waals surface area contributed by atoms with Gasteiger partial charge in [-0.15, -0.1) is 6.58 Å². The molecule has 1 N–H and O–H groups in total. The molecule has 5 nitrogen and oxygen atoms in total. The van der Waals surface area contributed by atoms with Gasteiger partial charge in [0, 0.05) is 18.9 Å². The molecular weight excluding hydrogens is 280 g/mol. The summed E-state index contributed by atoms with van der Waals surface area (Å²) in [6, 6.07) is 0.0647. The van der Waals surface area contributed by atoms with Crippen LogP contribution < -0.4 is 5.32 Å². The average Bonchev–Trinajstić information content (AvgIpc) is 2.78. The highest BCUT2D eigenvalue weighted by Gasteiger charge is 2.39. The van der Waals surface area contributed by atoms with Crippen LogP contribution in [0.1, 0.15) is 52.9 Å². The maximum atomic E-state index is 12.2. The first-order chi connectivity index (χ1) is 10.3. The molecule has 1 aliphatic carbocycles. The Labute approximate surface area is 133 Å². The maximum Gasteiger partial charge on any atom is 0.407 e. The van der Waals surface area contributed by atoms with Crippen LogP contribution in [0.2, 0.25) is 0 Å². The lowest BCUT2D eigenvalue weighted by molar-refractivity contribution is -0.130. The largest absolute Gasteiger partial charge is 0.444 e. The van der Waals surface area contributed by atoms with Gasteiger partial charge in [-0.2, -0.15) is 0 Å². The highest BCUT2D eigenvalue weighted by atomic mass is 16.6. The highest BCUT2D eigenvalue weighted by Crippen LogP contribution is 2.29. The van der Waals surface area contributed by atoms with Crippen molar-refractivity contribution in [2.24, 2.45) is 5.92 Å². The van der Waals surface area contributed by atoms with Crippen LogP contribution >= 0.6 is 0 Å². The number of amides is 2. The van der Waals surface area contributed by atoms with Crippen LogP contribution in [0, 0.1) is 5.92 Å². The average molecular weight is 308 g/mol. The first-order valence-corrected chi connectivity index (χ1v) is 8.21. The molecule has 22 heavy (non-hydrogen) atoms. The van der Waals surface area contributed by atoms with Gasteiger partial charge in [0.1, 0.15) is 5.60 Å². The first-order valence-electron chi connectivity index (χ1n) is 8.21. The number of rotatable bonds is 3. The molecule has 1 heterocycles. The van der Waals surface area contributed by atoms with Crippen LogP contribution in [0.25, 0.3) is 0 Å². The molecule has 3 atom stereocenters. The summed E-state index contributed by atoms with van der Waals surface area (Å²) in [5.74, 6) is 0.407. The summed E-state index contributed by atoms with van der Waals surface area (Å²) in [6.07, 6.45) is 6.01. The van der Waals surface area contributed by atoms with E-state index in [9.17, 15) is 9.59 Å². The summed E-state index contributed by atoms with van der Waals surface area (Å²) in [5, 5.41) is 2.97. The Morgan fingerprint density at radius 1 is 1.36 bits per heavy atom. The third kappa shape index (κ3) is 4.24. The summed E-state index contributed by atoms with van der Waals surface area (Å²) < 4.78 is 5.35. The van der Waals surface area contributed by atoms with E-state index < -0.39 is 11.7 Å². The molecule has 0 aromatic carbocycles. The fourth-order valence-electron chi connectivity index (χ4n) is 3.35. The van der Waals surface area contributed by atoms with Crippen molar-refractivity contribution in [3.63, 3.8) is 0 Å². The van der Waals surface area contributed by atoms with Gasteiger partial charge in [-0.25, -0.2) is 4.79 Å². The Bertz CT molecular complexity index is 442. The van der Waals surface area contributed by atoms with E-state index in [-0.39, 0.29) is 23.9 Å². The fraction of sp³-hybridized carbons (Fsp3) is 0.765. The van der Waals surface area contributed by atoms with Gasteiger partial charge < -0.3 is 15.0 Å². The van der Waals surface area contributed by atoms with Crippen LogP contribution in [0.4, 0.5) is 4.79 Å². The molecular formula is C17H28N2O3. The number of ether oxygens (including phenoxy) is 1. The predicted octanol–water partition coefficient (Wildman–Crippen LogP) is 2.86. The van der Waals surface area contributed by atoms with Gasteiger partial charge in [0.25, 0.3) is 0 Å². The standard InChI is InChI=1S/C17H28N2O3/c1-5-12-10-15(20)19(11-12)14-9-7-6-8-13(14)18-16(21)22-17(2,3)4/h5,12-14H,1,6-11H2,2-4H3,(H,18,21). The van der Waals surface area contributed by atoms with Crippen LogP contribution in [-0.2, 0) is 9.53 Å². The van der Waals surface area contributed by atoms with E-state index in [0.717, 1.165) is 32.2 Å². The smallest absolute Gasteiger partial charge is 0.407 e. The predicted molar refractivity (Wildman–Crippen MR) is 85.4 cm³/mol. The zero-order chi connectivity index (χ0) is 16.3. The molecule has 0 radical (unpaired) electrons. The molecule has 2 fully saturated rings. The number of hydrogen-bond donors (Lipinski definition) is 1. The van der Waals surface area contributed by atoms with Gasteiger partial charge in [-0.1, -0.05) is 18.9 Å². The van der Waals surface area contributed by atoms with E-state index in [1.807, 2.05) is 31.7 Å². The van der Waals surface area contributed by atoms with Gasteiger partial charge in [-0.05, 0) is 33.6 Å². The van der Waals surface area contributed by atoms with Crippen molar-refractivity contribution in [1.82, 2.24) is 10.2 Å². The van der Waals surface area contributed by atoms with E-state index in [4.69, 9.17) is 4.74 Å². The van der Waals surface area contributed by atoms with Crippen molar-refractivity contribution in [2.45, 2.75) is 70.6 Å². The molecule has 5 heteroatoms. The van der Waals surface area contributed by atoms with Crippen LogP contribution in [0.5, 0.6) is 0 Å². The summed E-state index contributed by atoms with van der Waals surface area (Å²) in [6.45, 7) is 10.1. The van der Waals surface area contributed by atoms with Gasteiger partial charge >= 0.3 is 6.09 Å². The lowest BCUT2D eigenvalue weighted by Gasteiger charge is -2.38. The Kier molecular flexibility index (Phi) is 5.14. The number of nitrogens with one attached hydrogen (secondary N) is 1. The number of hydrogen-bond acceptors (Lipinski definition) is 3. The van der Waals surface area contributed by atoms with Crippen LogP contribution in [0.3, 0.4) is 0 Å². The molecule has 2 rings (SSSR count). The normalized spacial score (nSPS) is 29.3. The molecule has 2 amide bonds. The number of carbonyl (C=O) groups is 2. The van der Waals surface area contributed by atoms with Crippen LogP contribution in [-0.4, -0.2) is 41.1 Å². The second-order valence-corrected chi connectivity index (χ2v) is 7.35. The third-order valence-electron chi connectivity index (χ3n) is 4.35. The van der Waals surface area contributed by atoms with Crippen molar-refractivity contribution in [2.75, 3.05) is 6.54 Å². The Morgan fingerprint density at radius 2 is 2.05 bits per heavy atom. The quantitative estimate of drug-likeness (QED) is 0.816. The van der Waals surface area contributed by atoms with Crippen molar-refractivity contribution < 1.29 is 14.3 Å². The molecule has 0 bridgehead atoms. The number of alkyl carbamates (subject to hydrolysis) is 1. The van der Waals surface area contributed by atoms with Gasteiger partial charge in [0.05, 0.1) is 12.1 Å². The molecule has 3 unspecified atom stereocenters. The summed E-state index contributed by atoms with van der Waals surface area (Å²) in [7, 11) is 0.